The molecule has 0 bridgehead atoms. The lowest BCUT2D eigenvalue weighted by molar-refractivity contribution is 0.0737. The first kappa shape index (κ1) is 26.3. The van der Waals surface area contributed by atoms with Gasteiger partial charge in [-0.1, -0.05) is 98.6 Å². The van der Waals surface area contributed by atoms with Crippen LogP contribution < -0.4 is 9.47 Å². The molecule has 0 aliphatic rings. The van der Waals surface area contributed by atoms with Gasteiger partial charge in [-0.2, -0.15) is 0 Å². The largest absolute Gasteiger partial charge is 0.493 e. The highest BCUT2D eigenvalue weighted by atomic mass is 16.5. The van der Waals surface area contributed by atoms with Crippen LogP contribution in [-0.2, 0) is 0 Å². The van der Waals surface area contributed by atoms with Gasteiger partial charge in [0.1, 0.15) is 11.5 Å². The summed E-state index contributed by atoms with van der Waals surface area (Å²) in [5, 5.41) is 5.18. The fourth-order valence-electron chi connectivity index (χ4n) is 5.36. The SMILES string of the molecule is CCCCCOc1ccc(C(=O)c2cccc3ccccc23)c2cc(OC(=O)c3cccc4ccccc34)ccc12. The van der Waals surface area contributed by atoms with Crippen molar-refractivity contribution in [2.24, 2.45) is 0 Å². The average Bonchev–Trinajstić information content (AvgIpc) is 3.02. The number of esters is 1. The smallest absolute Gasteiger partial charge is 0.344 e. The van der Waals surface area contributed by atoms with Crippen molar-refractivity contribution in [1.29, 1.82) is 0 Å². The number of benzene rings is 6. The number of fused-ring (bicyclic) bond motifs is 3. The lowest BCUT2D eigenvalue weighted by atomic mass is 9.93. The van der Waals surface area contributed by atoms with E-state index < -0.39 is 5.97 Å². The van der Waals surface area contributed by atoms with E-state index in [1.165, 1.54) is 0 Å². The van der Waals surface area contributed by atoms with Crippen molar-refractivity contribution in [3.63, 3.8) is 0 Å². The molecule has 0 atom stereocenters. The molecule has 0 N–H and O–H groups in total. The van der Waals surface area contributed by atoms with E-state index in [4.69, 9.17) is 9.47 Å². The third kappa shape index (κ3) is 5.29. The summed E-state index contributed by atoms with van der Waals surface area (Å²) >= 11 is 0. The molecule has 0 aromatic heterocycles. The molecule has 0 fully saturated rings. The van der Waals surface area contributed by atoms with Crippen LogP contribution in [0.5, 0.6) is 11.5 Å². The summed E-state index contributed by atoms with van der Waals surface area (Å²) in [6.07, 6.45) is 3.15. The van der Waals surface area contributed by atoms with E-state index >= 15 is 0 Å². The maximum atomic E-state index is 14.0. The van der Waals surface area contributed by atoms with Crippen LogP contribution in [0.15, 0.2) is 115 Å². The van der Waals surface area contributed by atoms with E-state index in [-0.39, 0.29) is 5.78 Å². The summed E-state index contributed by atoms with van der Waals surface area (Å²) in [6, 6.07) is 36.0. The predicted molar refractivity (Wildman–Crippen MR) is 165 cm³/mol. The number of carbonyl (C=O) groups is 2. The average molecular weight is 539 g/mol. The predicted octanol–water partition coefficient (Wildman–Crippen LogP) is 9.17. The minimum absolute atomic E-state index is 0.0955. The lowest BCUT2D eigenvalue weighted by Gasteiger charge is -2.15. The van der Waals surface area contributed by atoms with Crippen molar-refractivity contribution < 1.29 is 19.1 Å². The molecule has 0 heterocycles. The molecular weight excluding hydrogens is 508 g/mol. The van der Waals surface area contributed by atoms with Crippen LogP contribution in [0.1, 0.15) is 52.5 Å². The molecule has 0 aliphatic carbocycles. The van der Waals surface area contributed by atoms with Gasteiger partial charge in [-0.05, 0) is 64.4 Å². The van der Waals surface area contributed by atoms with Crippen LogP contribution in [0.2, 0.25) is 0 Å². The van der Waals surface area contributed by atoms with E-state index in [0.29, 0.717) is 40.2 Å². The molecule has 6 rings (SSSR count). The highest BCUT2D eigenvalue weighted by Crippen LogP contribution is 2.34. The van der Waals surface area contributed by atoms with Gasteiger partial charge < -0.3 is 9.47 Å². The molecule has 202 valence electrons. The topological polar surface area (TPSA) is 52.6 Å². The maximum absolute atomic E-state index is 14.0. The van der Waals surface area contributed by atoms with E-state index in [1.807, 2.05) is 97.1 Å². The number of unbranched alkanes of at least 4 members (excludes halogenated alkanes) is 2. The summed E-state index contributed by atoms with van der Waals surface area (Å²) in [5.41, 5.74) is 1.64. The third-order valence-corrected chi connectivity index (χ3v) is 7.45. The van der Waals surface area contributed by atoms with Gasteiger partial charge in [0.2, 0.25) is 0 Å². The third-order valence-electron chi connectivity index (χ3n) is 7.45. The number of ketones is 1. The second kappa shape index (κ2) is 11.6. The molecular formula is C37H30O4. The molecule has 0 unspecified atom stereocenters. The monoisotopic (exact) mass is 538 g/mol. The summed E-state index contributed by atoms with van der Waals surface area (Å²) in [4.78, 5) is 27.3. The van der Waals surface area contributed by atoms with Crippen LogP contribution >= 0.6 is 0 Å². The van der Waals surface area contributed by atoms with E-state index in [0.717, 1.165) is 46.2 Å². The Morgan fingerprint density at radius 3 is 1.95 bits per heavy atom. The van der Waals surface area contributed by atoms with Gasteiger partial charge in [-0.3, -0.25) is 4.79 Å². The zero-order valence-electron chi connectivity index (χ0n) is 22.9. The Morgan fingerprint density at radius 1 is 0.585 bits per heavy atom. The highest BCUT2D eigenvalue weighted by molar-refractivity contribution is 6.22. The van der Waals surface area contributed by atoms with Crippen LogP contribution in [0.3, 0.4) is 0 Å². The van der Waals surface area contributed by atoms with Gasteiger partial charge in [0, 0.05) is 21.9 Å². The Bertz CT molecular complexity index is 1890. The second-order valence-electron chi connectivity index (χ2n) is 10.1. The zero-order valence-corrected chi connectivity index (χ0v) is 22.9. The minimum atomic E-state index is -0.449. The van der Waals surface area contributed by atoms with Crippen molar-refractivity contribution in [3.05, 3.63) is 132 Å². The molecule has 41 heavy (non-hydrogen) atoms. The van der Waals surface area contributed by atoms with Gasteiger partial charge in [-0.25, -0.2) is 4.79 Å². The molecule has 0 spiro atoms. The molecule has 4 nitrogen and oxygen atoms in total. The summed E-state index contributed by atoms with van der Waals surface area (Å²) in [5.74, 6) is 0.528. The van der Waals surface area contributed by atoms with Crippen LogP contribution in [-0.4, -0.2) is 18.4 Å². The first-order valence-corrected chi connectivity index (χ1v) is 14.1. The van der Waals surface area contributed by atoms with Gasteiger partial charge in [0.15, 0.2) is 5.78 Å². The summed E-state index contributed by atoms with van der Waals surface area (Å²) in [6.45, 7) is 2.75. The van der Waals surface area contributed by atoms with Gasteiger partial charge in [0.05, 0.1) is 12.2 Å². The Balaban J connectivity index is 1.42. The van der Waals surface area contributed by atoms with Crippen molar-refractivity contribution in [2.45, 2.75) is 26.2 Å². The number of ether oxygens (including phenoxy) is 2. The van der Waals surface area contributed by atoms with Crippen LogP contribution in [0, 0.1) is 0 Å². The Hall–Kier alpha value is -4.96. The molecule has 6 aromatic rings. The highest BCUT2D eigenvalue weighted by Gasteiger charge is 2.19. The number of hydrogen-bond donors (Lipinski definition) is 0. The van der Waals surface area contributed by atoms with Gasteiger partial charge in [-0.15, -0.1) is 0 Å². The standard InChI is InChI=1S/C37H30O4/c1-2-3-8-23-40-35-22-21-32(36(38)31-17-9-13-25-11-4-6-15-28(25)31)34-24-27(19-20-30(34)35)41-37(39)33-18-10-14-26-12-5-7-16-29(26)33/h4-7,9-22,24H,2-3,8,23H2,1H3. The molecule has 0 saturated heterocycles. The summed E-state index contributed by atoms with van der Waals surface area (Å²) in [7, 11) is 0. The minimum Gasteiger partial charge on any atom is -0.493 e. The first-order chi connectivity index (χ1) is 20.1. The van der Waals surface area contributed by atoms with E-state index in [9.17, 15) is 9.59 Å². The van der Waals surface area contributed by atoms with Crippen molar-refractivity contribution >= 4 is 44.1 Å². The van der Waals surface area contributed by atoms with Crippen molar-refractivity contribution in [1.82, 2.24) is 0 Å². The van der Waals surface area contributed by atoms with Gasteiger partial charge in [0.25, 0.3) is 0 Å². The van der Waals surface area contributed by atoms with E-state index in [2.05, 4.69) is 6.92 Å². The first-order valence-electron chi connectivity index (χ1n) is 14.1. The number of hydrogen-bond acceptors (Lipinski definition) is 4. The summed E-state index contributed by atoms with van der Waals surface area (Å²) < 4.78 is 12.0. The Morgan fingerprint density at radius 2 is 1.22 bits per heavy atom. The molecule has 0 amide bonds. The van der Waals surface area contributed by atoms with Crippen LogP contribution in [0.4, 0.5) is 0 Å². The fraction of sp³-hybridized carbons (Fsp3) is 0.135. The molecule has 6 aromatic carbocycles. The van der Waals surface area contributed by atoms with Crippen LogP contribution in [0.25, 0.3) is 32.3 Å². The molecule has 0 saturated carbocycles. The van der Waals surface area contributed by atoms with E-state index in [1.54, 1.807) is 18.2 Å². The van der Waals surface area contributed by atoms with Crippen molar-refractivity contribution in [2.75, 3.05) is 6.61 Å². The molecule has 0 radical (unpaired) electrons. The molecule has 4 heteroatoms. The lowest BCUT2D eigenvalue weighted by Crippen LogP contribution is -2.09. The normalized spacial score (nSPS) is 11.1. The van der Waals surface area contributed by atoms with Crippen molar-refractivity contribution in [3.8, 4) is 11.5 Å². The second-order valence-corrected chi connectivity index (χ2v) is 10.1. The number of carbonyl (C=O) groups excluding carboxylic acids is 2. The number of rotatable bonds is 9. The Labute approximate surface area is 239 Å². The molecule has 0 aliphatic heterocycles. The Kier molecular flexibility index (Phi) is 7.46. The fourth-order valence-corrected chi connectivity index (χ4v) is 5.36. The van der Waals surface area contributed by atoms with Gasteiger partial charge >= 0.3 is 5.97 Å². The maximum Gasteiger partial charge on any atom is 0.344 e. The quantitative estimate of drug-likeness (QED) is 0.0797. The zero-order chi connectivity index (χ0) is 28.2.